The van der Waals surface area contributed by atoms with E-state index < -0.39 is 10.8 Å². The molecule has 0 aliphatic rings. The van der Waals surface area contributed by atoms with Crippen LogP contribution in [0.5, 0.6) is 0 Å². The molecule has 0 radical (unpaired) electrons. The lowest BCUT2D eigenvalue weighted by Gasteiger charge is -1.79. The molecule has 1 aromatic heterocycles. The number of pyridine rings is 1. The number of hydrogen-bond donors (Lipinski definition) is 0. The maximum absolute atomic E-state index is 9.56. The van der Waals surface area contributed by atoms with Crippen LogP contribution in [0.4, 0.5) is 0 Å². The van der Waals surface area contributed by atoms with Crippen LogP contribution in [0, 0.1) is 0 Å². The number of aromatic nitrogens is 1. The molecule has 0 N–H and O–H groups in total. The van der Waals surface area contributed by atoms with Crippen LogP contribution in [0.2, 0.25) is 5.02 Å². The lowest BCUT2D eigenvalue weighted by atomic mass is 10.5. The predicted molar refractivity (Wildman–Crippen MR) is 49.2 cm³/mol. The number of halogens is 1. The maximum Gasteiger partial charge on any atom is 0.0589 e. The summed E-state index contributed by atoms with van der Waals surface area (Å²) in [5.41, 5.74) is 0. The molecule has 1 aromatic rings. The van der Waals surface area contributed by atoms with Crippen molar-refractivity contribution in [3.63, 3.8) is 0 Å². The van der Waals surface area contributed by atoms with Crippen molar-refractivity contribution in [3.05, 3.63) is 29.5 Å². The minimum Gasteiger partial charge on any atom is -0.263 e. The van der Waals surface area contributed by atoms with Crippen LogP contribution in [0.15, 0.2) is 24.5 Å². The third-order valence-corrected chi connectivity index (χ3v) is 0.849. The van der Waals surface area contributed by atoms with Crippen LogP contribution < -0.4 is 0 Å². The highest BCUT2D eigenvalue weighted by Gasteiger charge is 1.76. The Labute approximate surface area is 74.1 Å². The molecule has 62 valence electrons. The van der Waals surface area contributed by atoms with Crippen molar-refractivity contribution in [2.24, 2.45) is 0 Å². The summed E-state index contributed by atoms with van der Waals surface area (Å²) in [5.74, 6) is 0. The van der Waals surface area contributed by atoms with E-state index in [2.05, 4.69) is 4.98 Å². The third-order valence-electron chi connectivity index (χ3n) is 0.625. The molecule has 0 saturated carbocycles. The third kappa shape index (κ3) is 9.59. The highest BCUT2D eigenvalue weighted by atomic mass is 35.5. The van der Waals surface area contributed by atoms with Crippen molar-refractivity contribution in [1.82, 2.24) is 4.98 Å². The fraction of sp³-hybridized carbons (Fsp3) is 0.286. The second-order valence-corrected chi connectivity index (χ2v) is 3.83. The lowest BCUT2D eigenvalue weighted by Crippen LogP contribution is -1.70. The van der Waals surface area contributed by atoms with Crippen LogP contribution >= 0.6 is 11.6 Å². The minimum atomic E-state index is -0.611. The summed E-state index contributed by atoms with van der Waals surface area (Å²) in [6.45, 7) is 0. The van der Waals surface area contributed by atoms with Gasteiger partial charge in [-0.15, -0.1) is 0 Å². The lowest BCUT2D eigenvalue weighted by molar-refractivity contribution is 0.690. The van der Waals surface area contributed by atoms with E-state index >= 15 is 0 Å². The van der Waals surface area contributed by atoms with Gasteiger partial charge in [-0.1, -0.05) is 11.6 Å². The topological polar surface area (TPSA) is 30.0 Å². The summed E-state index contributed by atoms with van der Waals surface area (Å²) < 4.78 is 9.56. The molecule has 0 atom stereocenters. The Hall–Kier alpha value is -0.410. The first-order valence-corrected chi connectivity index (χ1v) is 5.28. The van der Waals surface area contributed by atoms with Gasteiger partial charge in [0.2, 0.25) is 0 Å². The first-order valence-electron chi connectivity index (χ1n) is 2.93. The first kappa shape index (κ1) is 10.6. The number of nitrogens with zero attached hydrogens (tertiary/aromatic N) is 1. The molecule has 1 rings (SSSR count). The highest BCUT2D eigenvalue weighted by Crippen LogP contribution is 2.00. The van der Waals surface area contributed by atoms with E-state index in [0.717, 1.165) is 0 Å². The summed E-state index contributed by atoms with van der Waals surface area (Å²) in [6.07, 6.45) is 6.56. The smallest absolute Gasteiger partial charge is 0.0589 e. The monoisotopic (exact) mass is 191 g/mol. The van der Waals surface area contributed by atoms with E-state index in [1.807, 2.05) is 0 Å². The molecular weight excluding hydrogens is 182 g/mol. The molecule has 0 amide bonds. The summed E-state index contributed by atoms with van der Waals surface area (Å²) >= 11 is 5.48. The van der Waals surface area contributed by atoms with Crippen LogP contribution in [0.25, 0.3) is 0 Å². The van der Waals surface area contributed by atoms with Gasteiger partial charge in [0.05, 0.1) is 5.02 Å². The zero-order chi connectivity index (χ0) is 8.69. The van der Waals surface area contributed by atoms with E-state index in [9.17, 15) is 4.21 Å². The van der Waals surface area contributed by atoms with Gasteiger partial charge in [-0.2, -0.15) is 0 Å². The molecule has 0 spiro atoms. The van der Waals surface area contributed by atoms with Crippen molar-refractivity contribution < 1.29 is 4.21 Å². The number of rotatable bonds is 0. The molecule has 2 nitrogen and oxygen atoms in total. The SMILES string of the molecule is CS(C)=O.Clc1cccnc1. The Morgan fingerprint density at radius 1 is 1.55 bits per heavy atom. The molecule has 0 saturated heterocycles. The van der Waals surface area contributed by atoms with E-state index in [1.165, 1.54) is 0 Å². The molecule has 0 aliphatic heterocycles. The standard InChI is InChI=1S/C5H4ClN.C2H6OS/c6-5-2-1-3-7-4-5;1-4(2)3/h1-4H;1-2H3. The van der Waals surface area contributed by atoms with Gasteiger partial charge in [0, 0.05) is 35.7 Å². The molecule has 0 unspecified atom stereocenters. The quantitative estimate of drug-likeness (QED) is 0.625. The van der Waals surface area contributed by atoms with Crippen molar-refractivity contribution in [3.8, 4) is 0 Å². The van der Waals surface area contributed by atoms with Gasteiger partial charge in [-0.05, 0) is 12.1 Å². The Morgan fingerprint density at radius 3 is 2.27 bits per heavy atom. The Kier molecular flexibility index (Phi) is 6.07. The van der Waals surface area contributed by atoms with E-state index in [0.29, 0.717) is 5.02 Å². The Morgan fingerprint density at radius 2 is 2.09 bits per heavy atom. The molecule has 11 heavy (non-hydrogen) atoms. The Bertz CT molecular complexity index is 211. The van der Waals surface area contributed by atoms with Crippen molar-refractivity contribution in [2.45, 2.75) is 0 Å². The fourth-order valence-electron chi connectivity index (χ4n) is 0.342. The molecule has 0 aromatic carbocycles. The molecule has 0 bridgehead atoms. The molecule has 1 heterocycles. The van der Waals surface area contributed by atoms with E-state index in [-0.39, 0.29) is 0 Å². The fourth-order valence-corrected chi connectivity index (χ4v) is 0.471. The van der Waals surface area contributed by atoms with Gasteiger partial charge in [0.15, 0.2) is 0 Å². The number of hydrogen-bond acceptors (Lipinski definition) is 2. The van der Waals surface area contributed by atoms with Gasteiger partial charge in [-0.3, -0.25) is 9.19 Å². The molecule has 0 aliphatic carbocycles. The summed E-state index contributed by atoms with van der Waals surface area (Å²) in [5, 5.41) is 0.683. The first-order chi connectivity index (χ1) is 5.13. The zero-order valence-electron chi connectivity index (χ0n) is 6.45. The van der Waals surface area contributed by atoms with Crippen LogP contribution in [-0.4, -0.2) is 21.7 Å². The van der Waals surface area contributed by atoms with Gasteiger partial charge in [0.25, 0.3) is 0 Å². The van der Waals surface area contributed by atoms with Gasteiger partial charge in [0.1, 0.15) is 0 Å². The van der Waals surface area contributed by atoms with Crippen molar-refractivity contribution >= 4 is 22.4 Å². The van der Waals surface area contributed by atoms with Crippen molar-refractivity contribution in [2.75, 3.05) is 12.5 Å². The largest absolute Gasteiger partial charge is 0.263 e. The van der Waals surface area contributed by atoms with E-state index in [1.54, 1.807) is 37.0 Å². The van der Waals surface area contributed by atoms with Crippen LogP contribution in [0.3, 0.4) is 0 Å². The second kappa shape index (κ2) is 6.31. The summed E-state index contributed by atoms with van der Waals surface area (Å²) in [4.78, 5) is 3.75. The minimum absolute atomic E-state index is 0.611. The summed E-state index contributed by atoms with van der Waals surface area (Å²) in [6, 6.07) is 3.58. The normalized spacial score (nSPS) is 8.73. The second-order valence-electron chi connectivity index (χ2n) is 1.91. The summed E-state index contributed by atoms with van der Waals surface area (Å²) in [7, 11) is -0.611. The predicted octanol–water partition coefficient (Wildman–Crippen LogP) is 1.73. The average Bonchev–Trinajstić information content (AvgIpc) is 1.87. The van der Waals surface area contributed by atoms with E-state index in [4.69, 9.17) is 11.6 Å². The average molecular weight is 192 g/mol. The maximum atomic E-state index is 9.56. The highest BCUT2D eigenvalue weighted by molar-refractivity contribution is 7.83. The van der Waals surface area contributed by atoms with Crippen LogP contribution in [0.1, 0.15) is 0 Å². The molecule has 4 heteroatoms. The zero-order valence-corrected chi connectivity index (χ0v) is 8.02. The van der Waals surface area contributed by atoms with Gasteiger partial charge >= 0.3 is 0 Å². The van der Waals surface area contributed by atoms with Gasteiger partial charge in [-0.25, -0.2) is 0 Å². The Balaban J connectivity index is 0.000000218. The van der Waals surface area contributed by atoms with Crippen molar-refractivity contribution in [1.29, 1.82) is 0 Å². The molecule has 0 fully saturated rings. The molecular formula is C7H10ClNOS. The van der Waals surface area contributed by atoms with Crippen LogP contribution in [-0.2, 0) is 10.8 Å². The van der Waals surface area contributed by atoms with Gasteiger partial charge < -0.3 is 0 Å².